The van der Waals surface area contributed by atoms with E-state index in [2.05, 4.69) is 40.1 Å². The first-order valence-electron chi connectivity index (χ1n) is 12.5. The fraction of sp³-hybridized carbons (Fsp3) is 0.393. The van der Waals surface area contributed by atoms with Gasteiger partial charge in [-0.3, -0.25) is 9.78 Å². The van der Waals surface area contributed by atoms with Gasteiger partial charge < -0.3 is 20.1 Å². The maximum Gasteiger partial charge on any atom is 0.244 e. The molecule has 7 heteroatoms. The molecule has 3 aromatic rings. The molecule has 2 aliphatic rings. The SMILES string of the molecule is Cc1cc([C@H]2[C@@H](c3ccccn3)NC(=S)N2CC(=O)Nc2ccccc2)c(C)n1C1CCCCC1. The summed E-state index contributed by atoms with van der Waals surface area (Å²) in [5.41, 5.74) is 5.46. The van der Waals surface area contributed by atoms with E-state index in [1.807, 2.05) is 59.6 Å². The van der Waals surface area contributed by atoms with Crippen LogP contribution in [0.2, 0.25) is 0 Å². The first-order valence-corrected chi connectivity index (χ1v) is 12.9. The summed E-state index contributed by atoms with van der Waals surface area (Å²) in [5, 5.41) is 7.07. The Morgan fingerprint density at radius 2 is 1.83 bits per heavy atom. The van der Waals surface area contributed by atoms with Crippen LogP contribution in [0.1, 0.15) is 72.9 Å². The maximum absolute atomic E-state index is 13.1. The molecule has 0 radical (unpaired) electrons. The molecule has 2 N–H and O–H groups in total. The van der Waals surface area contributed by atoms with Gasteiger partial charge in [0.2, 0.25) is 5.91 Å². The molecule has 1 saturated carbocycles. The minimum Gasteiger partial charge on any atom is -0.352 e. The number of aryl methyl sites for hydroxylation is 1. The Labute approximate surface area is 212 Å². The molecule has 182 valence electrons. The summed E-state index contributed by atoms with van der Waals surface area (Å²) in [5.74, 6) is -0.0897. The van der Waals surface area contributed by atoms with E-state index in [-0.39, 0.29) is 24.5 Å². The second kappa shape index (κ2) is 10.2. The largest absolute Gasteiger partial charge is 0.352 e. The monoisotopic (exact) mass is 487 g/mol. The third-order valence-electron chi connectivity index (χ3n) is 7.35. The van der Waals surface area contributed by atoms with E-state index in [9.17, 15) is 4.79 Å². The van der Waals surface area contributed by atoms with Crippen molar-refractivity contribution in [2.75, 3.05) is 11.9 Å². The van der Waals surface area contributed by atoms with Gasteiger partial charge in [-0.1, -0.05) is 43.5 Å². The number of carbonyl (C=O) groups excluding carboxylic acids is 1. The zero-order chi connectivity index (χ0) is 24.4. The molecule has 6 nitrogen and oxygen atoms in total. The van der Waals surface area contributed by atoms with Crippen LogP contribution in [0.3, 0.4) is 0 Å². The molecule has 2 atom stereocenters. The predicted octanol–water partition coefficient (Wildman–Crippen LogP) is 5.62. The minimum atomic E-state index is -0.131. The van der Waals surface area contributed by atoms with Crippen LogP contribution < -0.4 is 10.6 Å². The van der Waals surface area contributed by atoms with Crippen LogP contribution in [0.15, 0.2) is 60.8 Å². The number of benzene rings is 1. The lowest BCUT2D eigenvalue weighted by atomic mass is 9.94. The normalized spacial score (nSPS) is 20.6. The number of anilines is 1. The lowest BCUT2D eigenvalue weighted by Gasteiger charge is -2.29. The highest BCUT2D eigenvalue weighted by molar-refractivity contribution is 7.80. The van der Waals surface area contributed by atoms with Crippen molar-refractivity contribution in [3.8, 4) is 0 Å². The second-order valence-electron chi connectivity index (χ2n) is 9.66. The molecule has 1 aliphatic carbocycles. The highest BCUT2D eigenvalue weighted by Gasteiger charge is 2.42. The fourth-order valence-corrected chi connectivity index (χ4v) is 6.10. The Hall–Kier alpha value is -3.19. The molecule has 0 bridgehead atoms. The van der Waals surface area contributed by atoms with Crippen molar-refractivity contribution >= 4 is 28.9 Å². The van der Waals surface area contributed by atoms with Gasteiger partial charge in [0.1, 0.15) is 6.54 Å². The zero-order valence-corrected chi connectivity index (χ0v) is 21.2. The first kappa shape index (κ1) is 23.5. The molecule has 1 amide bonds. The minimum absolute atomic E-state index is 0.0897. The van der Waals surface area contributed by atoms with Gasteiger partial charge >= 0.3 is 0 Å². The number of carbonyl (C=O) groups is 1. The zero-order valence-electron chi connectivity index (χ0n) is 20.4. The number of nitrogens with zero attached hydrogens (tertiary/aromatic N) is 3. The summed E-state index contributed by atoms with van der Waals surface area (Å²) in [6, 6.07) is 18.1. The highest BCUT2D eigenvalue weighted by Crippen LogP contribution is 2.42. The Kier molecular flexibility index (Phi) is 6.86. The molecule has 1 aromatic carbocycles. The van der Waals surface area contributed by atoms with Gasteiger partial charge in [-0.15, -0.1) is 0 Å². The van der Waals surface area contributed by atoms with E-state index < -0.39 is 0 Å². The van der Waals surface area contributed by atoms with Crippen LogP contribution >= 0.6 is 12.2 Å². The molecule has 0 spiro atoms. The number of hydrogen-bond acceptors (Lipinski definition) is 3. The topological polar surface area (TPSA) is 62.2 Å². The number of amides is 1. The lowest BCUT2D eigenvalue weighted by molar-refractivity contribution is -0.116. The van der Waals surface area contributed by atoms with Gasteiger partial charge in [0, 0.05) is 29.3 Å². The van der Waals surface area contributed by atoms with Crippen molar-refractivity contribution in [3.63, 3.8) is 0 Å². The number of pyridine rings is 1. The van der Waals surface area contributed by atoms with Gasteiger partial charge in [-0.2, -0.15) is 0 Å². The number of hydrogen-bond donors (Lipinski definition) is 2. The van der Waals surface area contributed by atoms with Crippen LogP contribution in [-0.2, 0) is 4.79 Å². The maximum atomic E-state index is 13.1. The average Bonchev–Trinajstić information content (AvgIpc) is 3.35. The van der Waals surface area contributed by atoms with Crippen molar-refractivity contribution in [1.29, 1.82) is 0 Å². The van der Waals surface area contributed by atoms with E-state index in [1.54, 1.807) is 0 Å². The van der Waals surface area contributed by atoms with E-state index >= 15 is 0 Å². The van der Waals surface area contributed by atoms with Crippen molar-refractivity contribution in [2.24, 2.45) is 0 Å². The molecule has 3 heterocycles. The van der Waals surface area contributed by atoms with Crippen LogP contribution in [0.25, 0.3) is 0 Å². The summed E-state index contributed by atoms with van der Waals surface area (Å²) in [6.07, 6.45) is 8.17. The molecule has 1 aliphatic heterocycles. The van der Waals surface area contributed by atoms with Crippen LogP contribution in [0.4, 0.5) is 5.69 Å². The molecular formula is C28H33N5OS. The summed E-state index contributed by atoms with van der Waals surface area (Å²) in [7, 11) is 0. The van der Waals surface area contributed by atoms with Gasteiger partial charge in [0.05, 0.1) is 17.8 Å². The molecule has 2 aromatic heterocycles. The highest BCUT2D eigenvalue weighted by atomic mass is 32.1. The van der Waals surface area contributed by atoms with Crippen molar-refractivity contribution in [3.05, 3.63) is 83.4 Å². The molecule has 5 rings (SSSR count). The van der Waals surface area contributed by atoms with Gasteiger partial charge in [0.25, 0.3) is 0 Å². The summed E-state index contributed by atoms with van der Waals surface area (Å²) in [4.78, 5) is 19.8. The fourth-order valence-electron chi connectivity index (χ4n) is 5.79. The average molecular weight is 488 g/mol. The van der Waals surface area contributed by atoms with Gasteiger partial charge in [-0.25, -0.2) is 0 Å². The summed E-state index contributed by atoms with van der Waals surface area (Å²) < 4.78 is 2.52. The Morgan fingerprint density at radius 3 is 2.54 bits per heavy atom. The number of aromatic nitrogens is 2. The first-order chi connectivity index (χ1) is 17.0. The molecule has 35 heavy (non-hydrogen) atoms. The quantitative estimate of drug-likeness (QED) is 0.442. The Balaban J connectivity index is 1.49. The van der Waals surface area contributed by atoms with Crippen LogP contribution in [-0.4, -0.2) is 32.0 Å². The van der Waals surface area contributed by atoms with E-state index in [1.165, 1.54) is 49.1 Å². The molecule has 2 fully saturated rings. The van der Waals surface area contributed by atoms with Crippen molar-refractivity contribution in [1.82, 2.24) is 19.8 Å². The third kappa shape index (κ3) is 4.82. The standard InChI is InChI=1S/C28H33N5OS/c1-19-17-23(20(2)33(19)22-13-7-4-8-14-22)27-26(24-15-9-10-16-29-24)31-28(35)32(27)18-25(34)30-21-11-5-3-6-12-21/h3,5-6,9-12,15-17,22,26-27H,4,7-8,13-14,18H2,1-2H3,(H,30,34)(H,31,35)/t26-,27+/m1/s1. The summed E-state index contributed by atoms with van der Waals surface area (Å²) in [6.45, 7) is 4.59. The van der Waals surface area contributed by atoms with Crippen molar-refractivity contribution < 1.29 is 4.79 Å². The lowest BCUT2D eigenvalue weighted by Crippen LogP contribution is -2.37. The smallest absolute Gasteiger partial charge is 0.244 e. The number of nitrogens with one attached hydrogen (secondary N) is 2. The number of para-hydroxylation sites is 1. The second-order valence-corrected chi connectivity index (χ2v) is 10.0. The van der Waals surface area contributed by atoms with E-state index in [4.69, 9.17) is 12.2 Å². The number of thiocarbonyl (C=S) groups is 1. The van der Waals surface area contributed by atoms with Gasteiger partial charge in [-0.05, 0) is 74.8 Å². The Morgan fingerprint density at radius 1 is 1.09 bits per heavy atom. The van der Waals surface area contributed by atoms with Gasteiger partial charge in [0.15, 0.2) is 5.11 Å². The number of rotatable bonds is 6. The Bertz CT molecular complexity index is 1190. The van der Waals surface area contributed by atoms with Crippen LogP contribution in [0.5, 0.6) is 0 Å². The molecular weight excluding hydrogens is 454 g/mol. The van der Waals surface area contributed by atoms with E-state index in [0.717, 1.165) is 11.4 Å². The molecule has 0 unspecified atom stereocenters. The van der Waals surface area contributed by atoms with Crippen LogP contribution in [0, 0.1) is 13.8 Å². The third-order valence-corrected chi connectivity index (χ3v) is 7.70. The van der Waals surface area contributed by atoms with E-state index in [0.29, 0.717) is 11.2 Å². The molecule has 1 saturated heterocycles. The summed E-state index contributed by atoms with van der Waals surface area (Å²) >= 11 is 5.79. The van der Waals surface area contributed by atoms with Crippen molar-refractivity contribution in [2.45, 2.75) is 64.1 Å². The predicted molar refractivity (Wildman–Crippen MR) is 143 cm³/mol.